The van der Waals surface area contributed by atoms with Crippen molar-refractivity contribution in [2.45, 2.75) is 38.3 Å². The lowest BCUT2D eigenvalue weighted by Gasteiger charge is -2.30. The second-order valence-electron chi connectivity index (χ2n) is 7.55. The SMILES string of the molecule is CN1CCNCC1c1noc(-c2ccc(CNC(=O)C3CCCC3)cc2)n1.Cl. The van der Waals surface area contributed by atoms with Crippen LogP contribution in [0, 0.1) is 5.92 Å². The molecule has 1 amide bonds. The third-order valence-corrected chi connectivity index (χ3v) is 5.64. The smallest absolute Gasteiger partial charge is 0.257 e. The first-order valence-corrected chi connectivity index (χ1v) is 9.82. The highest BCUT2D eigenvalue weighted by atomic mass is 35.5. The molecular weight excluding hydrogens is 378 g/mol. The molecule has 1 aliphatic carbocycles. The molecule has 1 aromatic heterocycles. The molecular formula is C20H28ClN5O2. The van der Waals surface area contributed by atoms with Crippen molar-refractivity contribution >= 4 is 18.3 Å². The van der Waals surface area contributed by atoms with Gasteiger partial charge in [-0.15, -0.1) is 12.4 Å². The van der Waals surface area contributed by atoms with Gasteiger partial charge in [0, 0.05) is 37.7 Å². The van der Waals surface area contributed by atoms with E-state index < -0.39 is 0 Å². The summed E-state index contributed by atoms with van der Waals surface area (Å²) in [5.74, 6) is 1.63. The van der Waals surface area contributed by atoms with E-state index in [4.69, 9.17) is 4.52 Å². The van der Waals surface area contributed by atoms with Crippen molar-refractivity contribution in [2.75, 3.05) is 26.7 Å². The van der Waals surface area contributed by atoms with Crippen LogP contribution >= 0.6 is 12.4 Å². The topological polar surface area (TPSA) is 83.3 Å². The summed E-state index contributed by atoms with van der Waals surface area (Å²) in [5, 5.41) is 10.6. The van der Waals surface area contributed by atoms with Crippen molar-refractivity contribution in [3.05, 3.63) is 35.7 Å². The Morgan fingerprint density at radius 1 is 1.29 bits per heavy atom. The van der Waals surface area contributed by atoms with E-state index in [1.807, 2.05) is 24.3 Å². The summed E-state index contributed by atoms with van der Waals surface area (Å²) in [7, 11) is 2.08. The van der Waals surface area contributed by atoms with Crippen LogP contribution in [-0.4, -0.2) is 47.6 Å². The van der Waals surface area contributed by atoms with Crippen LogP contribution in [0.3, 0.4) is 0 Å². The number of rotatable bonds is 5. The minimum atomic E-state index is 0. The number of carbonyl (C=O) groups is 1. The van der Waals surface area contributed by atoms with Gasteiger partial charge in [-0.05, 0) is 37.6 Å². The third-order valence-electron chi connectivity index (χ3n) is 5.64. The number of aromatic nitrogens is 2. The molecule has 2 aromatic rings. The van der Waals surface area contributed by atoms with E-state index in [0.29, 0.717) is 18.3 Å². The molecule has 0 radical (unpaired) electrons. The van der Waals surface area contributed by atoms with Gasteiger partial charge in [0.2, 0.25) is 5.91 Å². The van der Waals surface area contributed by atoms with E-state index in [1.165, 1.54) is 12.8 Å². The van der Waals surface area contributed by atoms with Crippen LogP contribution in [0.15, 0.2) is 28.8 Å². The summed E-state index contributed by atoms with van der Waals surface area (Å²) in [6, 6.07) is 8.08. The number of benzene rings is 1. The van der Waals surface area contributed by atoms with Crippen LogP contribution in [0.4, 0.5) is 0 Å². The normalized spacial score (nSPS) is 20.7. The van der Waals surface area contributed by atoms with Gasteiger partial charge in [-0.2, -0.15) is 4.98 Å². The molecule has 8 heteroatoms. The zero-order valence-corrected chi connectivity index (χ0v) is 17.0. The Kier molecular flexibility index (Phi) is 7.04. The average molecular weight is 406 g/mol. The van der Waals surface area contributed by atoms with E-state index in [2.05, 4.69) is 32.7 Å². The van der Waals surface area contributed by atoms with Crippen LogP contribution in [-0.2, 0) is 11.3 Å². The molecule has 2 heterocycles. The lowest BCUT2D eigenvalue weighted by molar-refractivity contribution is -0.124. The largest absolute Gasteiger partial charge is 0.352 e. The van der Waals surface area contributed by atoms with Crippen LogP contribution in [0.5, 0.6) is 0 Å². The highest BCUT2D eigenvalue weighted by Gasteiger charge is 2.25. The number of piperazine rings is 1. The van der Waals surface area contributed by atoms with Crippen molar-refractivity contribution in [1.29, 1.82) is 0 Å². The summed E-state index contributed by atoms with van der Waals surface area (Å²) in [6.07, 6.45) is 4.39. The minimum Gasteiger partial charge on any atom is -0.352 e. The maximum atomic E-state index is 12.1. The molecule has 7 nitrogen and oxygen atoms in total. The predicted octanol–water partition coefficient (Wildman–Crippen LogP) is 2.54. The predicted molar refractivity (Wildman–Crippen MR) is 109 cm³/mol. The number of hydrogen-bond donors (Lipinski definition) is 2. The van der Waals surface area contributed by atoms with Gasteiger partial charge in [0.05, 0.1) is 6.04 Å². The van der Waals surface area contributed by atoms with E-state index in [1.54, 1.807) is 0 Å². The monoisotopic (exact) mass is 405 g/mol. The molecule has 2 N–H and O–H groups in total. The van der Waals surface area contributed by atoms with E-state index >= 15 is 0 Å². The molecule has 2 fully saturated rings. The Labute approximate surface area is 171 Å². The van der Waals surface area contributed by atoms with Gasteiger partial charge in [0.1, 0.15) is 0 Å². The van der Waals surface area contributed by atoms with Gasteiger partial charge in [-0.25, -0.2) is 0 Å². The maximum Gasteiger partial charge on any atom is 0.257 e. The lowest BCUT2D eigenvalue weighted by atomic mass is 10.1. The molecule has 1 unspecified atom stereocenters. The van der Waals surface area contributed by atoms with E-state index in [0.717, 1.165) is 43.6 Å². The maximum absolute atomic E-state index is 12.1. The van der Waals surface area contributed by atoms with Gasteiger partial charge in [0.15, 0.2) is 5.82 Å². The Morgan fingerprint density at radius 3 is 2.75 bits per heavy atom. The van der Waals surface area contributed by atoms with Gasteiger partial charge in [-0.3, -0.25) is 9.69 Å². The van der Waals surface area contributed by atoms with Crippen LogP contribution in [0.1, 0.15) is 43.1 Å². The minimum absolute atomic E-state index is 0. The molecule has 152 valence electrons. The second kappa shape index (κ2) is 9.49. The average Bonchev–Trinajstić information content (AvgIpc) is 3.39. The lowest BCUT2D eigenvalue weighted by Crippen LogP contribution is -2.44. The molecule has 1 aliphatic heterocycles. The number of carbonyl (C=O) groups excluding carboxylic acids is 1. The molecule has 28 heavy (non-hydrogen) atoms. The van der Waals surface area contributed by atoms with Gasteiger partial charge >= 0.3 is 0 Å². The van der Waals surface area contributed by atoms with Gasteiger partial charge < -0.3 is 15.2 Å². The van der Waals surface area contributed by atoms with Gasteiger partial charge in [-0.1, -0.05) is 30.1 Å². The quantitative estimate of drug-likeness (QED) is 0.795. The molecule has 2 aliphatic rings. The Morgan fingerprint density at radius 2 is 2.04 bits per heavy atom. The number of nitrogens with zero attached hydrogens (tertiary/aromatic N) is 3. The molecule has 4 rings (SSSR count). The molecule has 1 saturated carbocycles. The van der Waals surface area contributed by atoms with Crippen molar-refractivity contribution in [1.82, 2.24) is 25.7 Å². The number of nitrogens with one attached hydrogen (secondary N) is 2. The molecule has 0 spiro atoms. The van der Waals surface area contributed by atoms with Crippen molar-refractivity contribution < 1.29 is 9.32 Å². The summed E-state index contributed by atoms with van der Waals surface area (Å²) in [5.41, 5.74) is 1.96. The van der Waals surface area contributed by atoms with Crippen LogP contribution < -0.4 is 10.6 Å². The number of amides is 1. The summed E-state index contributed by atoms with van der Waals surface area (Å²) in [4.78, 5) is 19.0. The summed E-state index contributed by atoms with van der Waals surface area (Å²) < 4.78 is 5.47. The fraction of sp³-hybridized carbons (Fsp3) is 0.550. The van der Waals surface area contributed by atoms with Crippen molar-refractivity contribution in [3.8, 4) is 11.5 Å². The number of likely N-dealkylation sites (N-methyl/N-ethyl adjacent to an activating group) is 1. The van der Waals surface area contributed by atoms with Crippen LogP contribution in [0.25, 0.3) is 11.5 Å². The highest BCUT2D eigenvalue weighted by molar-refractivity contribution is 5.85. The standard InChI is InChI=1S/C20H27N5O2.ClH/c1-25-11-10-21-13-17(25)18-23-20(27-24-18)16-8-6-14(7-9-16)12-22-19(26)15-4-2-3-5-15;/h6-9,15,17,21H,2-5,10-13H2,1H3,(H,22,26);1H. The van der Waals surface area contributed by atoms with E-state index in [9.17, 15) is 4.79 Å². The molecule has 1 atom stereocenters. The fourth-order valence-electron chi connectivity index (χ4n) is 3.87. The van der Waals surface area contributed by atoms with Gasteiger partial charge in [0.25, 0.3) is 5.89 Å². The number of hydrogen-bond acceptors (Lipinski definition) is 6. The second-order valence-corrected chi connectivity index (χ2v) is 7.55. The molecule has 0 bridgehead atoms. The Bertz CT molecular complexity index is 773. The first-order chi connectivity index (χ1) is 13.2. The first-order valence-electron chi connectivity index (χ1n) is 9.82. The van der Waals surface area contributed by atoms with Crippen molar-refractivity contribution in [2.24, 2.45) is 5.92 Å². The summed E-state index contributed by atoms with van der Waals surface area (Å²) >= 11 is 0. The summed E-state index contributed by atoms with van der Waals surface area (Å²) in [6.45, 7) is 3.34. The van der Waals surface area contributed by atoms with Crippen LogP contribution in [0.2, 0.25) is 0 Å². The third kappa shape index (κ3) is 4.71. The van der Waals surface area contributed by atoms with E-state index in [-0.39, 0.29) is 30.3 Å². The zero-order chi connectivity index (χ0) is 18.6. The Hall–Kier alpha value is -1.96. The number of halogens is 1. The van der Waals surface area contributed by atoms with Crippen molar-refractivity contribution in [3.63, 3.8) is 0 Å². The fourth-order valence-corrected chi connectivity index (χ4v) is 3.87. The first kappa shape index (κ1) is 20.8. The molecule has 1 saturated heterocycles. The molecule has 1 aromatic carbocycles. The highest BCUT2D eigenvalue weighted by Crippen LogP contribution is 2.25. The Balaban J connectivity index is 0.00000225. The zero-order valence-electron chi connectivity index (χ0n) is 16.2.